The molecule has 1 N–H and O–H groups in total. The molecule has 2 atom stereocenters. The summed E-state index contributed by atoms with van der Waals surface area (Å²) in [5.41, 5.74) is 3.08. The molecule has 5 nitrogen and oxygen atoms in total. The molecule has 3 aromatic rings. The average Bonchev–Trinajstić information content (AvgIpc) is 2.86. The van der Waals surface area contributed by atoms with Crippen molar-refractivity contribution in [3.63, 3.8) is 0 Å². The number of amides is 2. The van der Waals surface area contributed by atoms with Crippen LogP contribution in [0.25, 0.3) is 0 Å². The first kappa shape index (κ1) is 26.7. The van der Waals surface area contributed by atoms with Crippen molar-refractivity contribution < 1.29 is 14.3 Å². The van der Waals surface area contributed by atoms with E-state index in [1.54, 1.807) is 4.90 Å². The van der Waals surface area contributed by atoms with Crippen LogP contribution in [0.5, 0.6) is 5.75 Å². The summed E-state index contributed by atoms with van der Waals surface area (Å²) in [6.45, 7) is 6.20. The van der Waals surface area contributed by atoms with Gasteiger partial charge < -0.3 is 15.0 Å². The van der Waals surface area contributed by atoms with Crippen LogP contribution in [-0.4, -0.2) is 35.4 Å². The van der Waals surface area contributed by atoms with E-state index in [0.29, 0.717) is 18.7 Å². The quantitative estimate of drug-likeness (QED) is 0.302. The number of nitrogens with one attached hydrogen (secondary N) is 1. The molecule has 0 saturated heterocycles. The zero-order chi connectivity index (χ0) is 25.2. The Morgan fingerprint density at radius 2 is 1.66 bits per heavy atom. The Balaban J connectivity index is 1.90. The number of hydrogen-bond acceptors (Lipinski definition) is 3. The number of aryl methyl sites for hydroxylation is 1. The molecule has 0 spiro atoms. The lowest BCUT2D eigenvalue weighted by atomic mass is 10.0. The Labute approximate surface area is 222 Å². The van der Waals surface area contributed by atoms with Gasteiger partial charge in [-0.3, -0.25) is 9.59 Å². The van der Waals surface area contributed by atoms with Crippen LogP contribution in [-0.2, 0) is 22.6 Å². The number of carbonyl (C=O) groups excluding carboxylic acids is 2. The van der Waals surface area contributed by atoms with E-state index in [9.17, 15) is 9.59 Å². The number of rotatable bonds is 11. The van der Waals surface area contributed by atoms with E-state index in [1.807, 2.05) is 99.6 Å². The van der Waals surface area contributed by atoms with Crippen LogP contribution in [0, 0.1) is 10.5 Å². The standard InChI is InChI=1S/C29H33IN2O3/c1-4-22(3)31-29(34)27(18-23-10-6-5-7-11-23)32(19-24-12-8-9-21(2)17-24)28(33)20-35-26-15-13-25(30)14-16-26/h5-17,22,27H,4,18-20H2,1-3H3,(H,31,34). The van der Waals surface area contributed by atoms with Crippen molar-refractivity contribution >= 4 is 34.4 Å². The fourth-order valence-electron chi connectivity index (χ4n) is 3.76. The van der Waals surface area contributed by atoms with Crippen LogP contribution in [0.3, 0.4) is 0 Å². The normalized spacial score (nSPS) is 12.5. The van der Waals surface area contributed by atoms with Crippen molar-refractivity contribution in [3.05, 3.63) is 99.1 Å². The summed E-state index contributed by atoms with van der Waals surface area (Å²) in [6, 6.07) is 24.7. The molecule has 0 fully saturated rings. The van der Waals surface area contributed by atoms with E-state index in [2.05, 4.69) is 27.9 Å². The van der Waals surface area contributed by atoms with Crippen LogP contribution >= 0.6 is 22.6 Å². The van der Waals surface area contributed by atoms with Gasteiger partial charge in [-0.1, -0.05) is 67.1 Å². The maximum absolute atomic E-state index is 13.6. The molecule has 0 aliphatic carbocycles. The topological polar surface area (TPSA) is 58.6 Å². The predicted octanol–water partition coefficient (Wildman–Crippen LogP) is 5.53. The number of ether oxygens (including phenoxy) is 1. The highest BCUT2D eigenvalue weighted by Crippen LogP contribution is 2.18. The Kier molecular flexibility index (Phi) is 10.1. The van der Waals surface area contributed by atoms with Gasteiger partial charge in [-0.2, -0.15) is 0 Å². The van der Waals surface area contributed by atoms with Gasteiger partial charge in [0.05, 0.1) is 0 Å². The van der Waals surface area contributed by atoms with Crippen LogP contribution in [0.4, 0.5) is 0 Å². The second-order valence-electron chi connectivity index (χ2n) is 8.78. The zero-order valence-corrected chi connectivity index (χ0v) is 22.7. The Morgan fingerprint density at radius 3 is 2.31 bits per heavy atom. The zero-order valence-electron chi connectivity index (χ0n) is 20.5. The van der Waals surface area contributed by atoms with Gasteiger partial charge in [0, 0.05) is 22.6 Å². The third-order valence-electron chi connectivity index (χ3n) is 5.88. The smallest absolute Gasteiger partial charge is 0.261 e. The van der Waals surface area contributed by atoms with Gasteiger partial charge in [-0.05, 0) is 78.3 Å². The molecule has 0 aromatic heterocycles. The Hall–Kier alpha value is -2.87. The van der Waals surface area contributed by atoms with E-state index in [-0.39, 0.29) is 24.5 Å². The Bertz CT molecular complexity index is 1100. The number of nitrogens with zero attached hydrogens (tertiary/aromatic N) is 1. The SMILES string of the molecule is CCC(C)NC(=O)C(Cc1ccccc1)N(Cc1cccc(C)c1)C(=O)COc1ccc(I)cc1. The van der Waals surface area contributed by atoms with Gasteiger partial charge in [-0.25, -0.2) is 0 Å². The highest BCUT2D eigenvalue weighted by molar-refractivity contribution is 14.1. The van der Waals surface area contributed by atoms with Crippen molar-refractivity contribution in [2.24, 2.45) is 0 Å². The first-order valence-corrected chi connectivity index (χ1v) is 13.0. The minimum Gasteiger partial charge on any atom is -0.484 e. The molecule has 0 heterocycles. The highest BCUT2D eigenvalue weighted by atomic mass is 127. The van der Waals surface area contributed by atoms with Gasteiger partial charge in [-0.15, -0.1) is 0 Å². The lowest BCUT2D eigenvalue weighted by Gasteiger charge is -2.32. The summed E-state index contributed by atoms with van der Waals surface area (Å²) in [7, 11) is 0. The van der Waals surface area contributed by atoms with E-state index >= 15 is 0 Å². The van der Waals surface area contributed by atoms with Crippen LogP contribution < -0.4 is 10.1 Å². The summed E-state index contributed by atoms with van der Waals surface area (Å²) < 4.78 is 6.91. The summed E-state index contributed by atoms with van der Waals surface area (Å²) in [5.74, 6) is 0.238. The maximum Gasteiger partial charge on any atom is 0.261 e. The second kappa shape index (κ2) is 13.3. The van der Waals surface area contributed by atoms with Gasteiger partial charge >= 0.3 is 0 Å². The molecule has 3 aromatic carbocycles. The monoisotopic (exact) mass is 584 g/mol. The third kappa shape index (κ3) is 8.38. The van der Waals surface area contributed by atoms with Crippen molar-refractivity contribution in [3.8, 4) is 5.75 Å². The van der Waals surface area contributed by atoms with E-state index in [0.717, 1.165) is 26.7 Å². The molecular weight excluding hydrogens is 551 g/mol. The summed E-state index contributed by atoms with van der Waals surface area (Å²) >= 11 is 2.23. The largest absolute Gasteiger partial charge is 0.484 e. The minimum atomic E-state index is -0.667. The third-order valence-corrected chi connectivity index (χ3v) is 6.60. The number of benzene rings is 3. The van der Waals surface area contributed by atoms with Gasteiger partial charge in [0.15, 0.2) is 6.61 Å². The lowest BCUT2D eigenvalue weighted by molar-refractivity contribution is -0.143. The molecule has 2 amide bonds. The van der Waals surface area contributed by atoms with E-state index in [4.69, 9.17) is 4.74 Å². The second-order valence-corrected chi connectivity index (χ2v) is 10.0. The van der Waals surface area contributed by atoms with Gasteiger partial charge in [0.2, 0.25) is 5.91 Å². The summed E-state index contributed by atoms with van der Waals surface area (Å²) in [5, 5.41) is 3.09. The van der Waals surface area contributed by atoms with Crippen molar-refractivity contribution in [1.82, 2.24) is 10.2 Å². The van der Waals surface area contributed by atoms with Crippen LogP contribution in [0.15, 0.2) is 78.9 Å². The van der Waals surface area contributed by atoms with E-state index < -0.39 is 6.04 Å². The van der Waals surface area contributed by atoms with Crippen LogP contribution in [0.2, 0.25) is 0 Å². The minimum absolute atomic E-state index is 0.0136. The van der Waals surface area contributed by atoms with Crippen molar-refractivity contribution in [2.45, 2.75) is 52.2 Å². The lowest BCUT2D eigenvalue weighted by Crippen LogP contribution is -2.53. The van der Waals surface area contributed by atoms with Crippen molar-refractivity contribution in [1.29, 1.82) is 0 Å². The molecule has 0 aliphatic heterocycles. The van der Waals surface area contributed by atoms with E-state index in [1.165, 1.54) is 0 Å². The maximum atomic E-state index is 13.6. The van der Waals surface area contributed by atoms with Crippen molar-refractivity contribution in [2.75, 3.05) is 6.61 Å². The molecule has 0 saturated carbocycles. The first-order chi connectivity index (χ1) is 16.9. The van der Waals surface area contributed by atoms with Gasteiger partial charge in [0.1, 0.15) is 11.8 Å². The summed E-state index contributed by atoms with van der Waals surface area (Å²) in [6.07, 6.45) is 1.23. The molecule has 0 radical (unpaired) electrons. The fourth-order valence-corrected chi connectivity index (χ4v) is 4.12. The first-order valence-electron chi connectivity index (χ1n) is 11.9. The van der Waals surface area contributed by atoms with Gasteiger partial charge in [0.25, 0.3) is 5.91 Å². The molecule has 0 aliphatic rings. The number of halogens is 1. The molecule has 184 valence electrons. The molecule has 2 unspecified atom stereocenters. The summed E-state index contributed by atoms with van der Waals surface area (Å²) in [4.78, 5) is 28.7. The Morgan fingerprint density at radius 1 is 0.971 bits per heavy atom. The molecular formula is C29H33IN2O3. The predicted molar refractivity (Wildman–Crippen MR) is 148 cm³/mol. The molecule has 3 rings (SSSR count). The highest BCUT2D eigenvalue weighted by Gasteiger charge is 2.31. The molecule has 35 heavy (non-hydrogen) atoms. The number of hydrogen-bond donors (Lipinski definition) is 1. The number of carbonyl (C=O) groups is 2. The van der Waals surface area contributed by atoms with Crippen LogP contribution in [0.1, 0.15) is 37.0 Å². The fraction of sp³-hybridized carbons (Fsp3) is 0.310. The molecule has 0 bridgehead atoms. The average molecular weight is 584 g/mol. The molecule has 6 heteroatoms.